The fraction of sp³-hybridized carbons (Fsp3) is 0.455. The van der Waals surface area contributed by atoms with Crippen molar-refractivity contribution in [3.8, 4) is 11.5 Å². The molecule has 0 aliphatic carbocycles. The molecule has 3 heterocycles. The molecule has 7 nitrogen and oxygen atoms in total. The van der Waals surface area contributed by atoms with E-state index in [2.05, 4.69) is 27.1 Å². The van der Waals surface area contributed by atoms with Crippen LogP contribution in [0, 0.1) is 0 Å². The van der Waals surface area contributed by atoms with E-state index in [0.29, 0.717) is 24.7 Å². The fourth-order valence-corrected chi connectivity index (χ4v) is 3.53. The number of aromatic nitrogens is 1. The van der Waals surface area contributed by atoms with Crippen molar-refractivity contribution in [2.24, 2.45) is 0 Å². The van der Waals surface area contributed by atoms with Crippen LogP contribution in [0.1, 0.15) is 19.4 Å². The average molecular weight is 396 g/mol. The van der Waals surface area contributed by atoms with Crippen molar-refractivity contribution < 1.29 is 14.3 Å². The zero-order valence-corrected chi connectivity index (χ0v) is 17.3. The Kier molecular flexibility index (Phi) is 5.32. The molecular weight excluding hydrogens is 368 g/mol. The molecule has 2 aliphatic heterocycles. The molecule has 0 saturated carbocycles. The van der Waals surface area contributed by atoms with E-state index in [9.17, 15) is 4.79 Å². The summed E-state index contributed by atoms with van der Waals surface area (Å²) in [7, 11) is 2.13. The Labute approximate surface area is 171 Å². The zero-order chi connectivity index (χ0) is 20.4. The molecule has 2 aliphatic rings. The first-order valence-corrected chi connectivity index (χ1v) is 10.0. The van der Waals surface area contributed by atoms with Crippen molar-refractivity contribution >= 4 is 17.4 Å². The molecule has 7 heteroatoms. The number of fused-ring (bicyclic) bond motifs is 1. The maximum Gasteiger partial charge on any atom is 0.234 e. The van der Waals surface area contributed by atoms with Crippen LogP contribution in [0.5, 0.6) is 11.5 Å². The molecule has 0 spiro atoms. The molecule has 1 aromatic heterocycles. The fourth-order valence-electron chi connectivity index (χ4n) is 3.53. The lowest BCUT2D eigenvalue weighted by Gasteiger charge is -2.33. The van der Waals surface area contributed by atoms with Crippen LogP contribution < -0.4 is 19.7 Å². The van der Waals surface area contributed by atoms with Crippen LogP contribution in [0.2, 0.25) is 0 Å². The first-order valence-electron chi connectivity index (χ1n) is 10.0. The minimum Gasteiger partial charge on any atom is -0.486 e. The Hall–Kier alpha value is -2.80. The number of rotatable bonds is 4. The van der Waals surface area contributed by atoms with Crippen molar-refractivity contribution in [3.63, 3.8) is 0 Å². The Balaban J connectivity index is 1.44. The summed E-state index contributed by atoms with van der Waals surface area (Å²) in [6.45, 7) is 8.87. The van der Waals surface area contributed by atoms with Crippen LogP contribution in [-0.4, -0.2) is 62.2 Å². The van der Waals surface area contributed by atoms with Crippen molar-refractivity contribution in [1.29, 1.82) is 0 Å². The smallest absolute Gasteiger partial charge is 0.234 e. The molecule has 1 saturated heterocycles. The van der Waals surface area contributed by atoms with Gasteiger partial charge in [-0.2, -0.15) is 0 Å². The van der Waals surface area contributed by atoms with Gasteiger partial charge in [0.25, 0.3) is 0 Å². The topological polar surface area (TPSA) is 66.9 Å². The molecule has 1 amide bonds. The number of carbonyl (C=O) groups is 1. The first kappa shape index (κ1) is 19.5. The standard InChI is InChI=1S/C22H28N4O3/c1-22(2,16-4-6-18-19(14-16)29-13-12-28-18)21(27)24-17-5-7-20(23-15-17)26-10-8-25(3)9-11-26/h4-7,14-15H,8-13H2,1-3H3,(H,24,27). The van der Waals surface area contributed by atoms with Crippen LogP contribution in [-0.2, 0) is 10.2 Å². The van der Waals surface area contributed by atoms with E-state index in [0.717, 1.165) is 43.3 Å². The van der Waals surface area contributed by atoms with Gasteiger partial charge in [0.15, 0.2) is 11.5 Å². The number of carbonyl (C=O) groups excluding carboxylic acids is 1. The number of pyridine rings is 1. The number of anilines is 2. The summed E-state index contributed by atoms with van der Waals surface area (Å²) in [6.07, 6.45) is 1.73. The van der Waals surface area contributed by atoms with Crippen LogP contribution >= 0.6 is 0 Å². The largest absolute Gasteiger partial charge is 0.486 e. The van der Waals surface area contributed by atoms with Gasteiger partial charge in [0.1, 0.15) is 19.0 Å². The number of piperazine rings is 1. The molecule has 29 heavy (non-hydrogen) atoms. The highest BCUT2D eigenvalue weighted by Crippen LogP contribution is 2.35. The van der Waals surface area contributed by atoms with Gasteiger partial charge >= 0.3 is 0 Å². The summed E-state index contributed by atoms with van der Waals surface area (Å²) in [6, 6.07) is 9.56. The normalized spacial score (nSPS) is 17.1. The quantitative estimate of drug-likeness (QED) is 0.857. The van der Waals surface area contributed by atoms with Crippen molar-refractivity contribution in [1.82, 2.24) is 9.88 Å². The predicted octanol–water partition coefficient (Wildman–Crippen LogP) is 2.52. The number of hydrogen-bond donors (Lipinski definition) is 1. The minimum absolute atomic E-state index is 0.0941. The number of benzene rings is 1. The Morgan fingerprint density at radius 1 is 1.03 bits per heavy atom. The van der Waals surface area contributed by atoms with Gasteiger partial charge in [0.2, 0.25) is 5.91 Å². The van der Waals surface area contributed by atoms with E-state index in [1.807, 2.05) is 44.2 Å². The van der Waals surface area contributed by atoms with Crippen molar-refractivity contribution in [2.75, 3.05) is 56.7 Å². The lowest BCUT2D eigenvalue weighted by atomic mass is 9.83. The Bertz CT molecular complexity index is 874. The second-order valence-corrected chi connectivity index (χ2v) is 8.13. The number of nitrogens with zero attached hydrogens (tertiary/aromatic N) is 3. The molecule has 154 valence electrons. The maximum absolute atomic E-state index is 13.0. The molecule has 2 aromatic rings. The molecule has 0 unspecified atom stereocenters. The second kappa shape index (κ2) is 7.91. The van der Waals surface area contributed by atoms with Gasteiger partial charge in [-0.05, 0) is 50.7 Å². The lowest BCUT2D eigenvalue weighted by molar-refractivity contribution is -0.120. The SMILES string of the molecule is CN1CCN(c2ccc(NC(=O)C(C)(C)c3ccc4c(c3)OCCO4)cn2)CC1. The monoisotopic (exact) mass is 396 g/mol. The second-order valence-electron chi connectivity index (χ2n) is 8.13. The highest BCUT2D eigenvalue weighted by Gasteiger charge is 2.31. The molecule has 1 fully saturated rings. The molecule has 4 rings (SSSR count). The molecule has 1 aromatic carbocycles. The van der Waals surface area contributed by atoms with Crippen LogP contribution in [0.4, 0.5) is 11.5 Å². The maximum atomic E-state index is 13.0. The molecule has 0 bridgehead atoms. The van der Waals surface area contributed by atoms with Crippen LogP contribution in [0.3, 0.4) is 0 Å². The Morgan fingerprint density at radius 2 is 1.76 bits per heavy atom. The molecule has 1 N–H and O–H groups in total. The van der Waals surface area contributed by atoms with E-state index in [-0.39, 0.29) is 5.91 Å². The summed E-state index contributed by atoms with van der Waals surface area (Å²) in [5, 5.41) is 3.00. The van der Waals surface area contributed by atoms with Gasteiger partial charge in [-0.3, -0.25) is 4.79 Å². The van der Waals surface area contributed by atoms with Crippen LogP contribution in [0.25, 0.3) is 0 Å². The highest BCUT2D eigenvalue weighted by atomic mass is 16.6. The summed E-state index contributed by atoms with van der Waals surface area (Å²) < 4.78 is 11.2. The molecule has 0 radical (unpaired) electrons. The summed E-state index contributed by atoms with van der Waals surface area (Å²) in [5.74, 6) is 2.26. The summed E-state index contributed by atoms with van der Waals surface area (Å²) in [5.41, 5.74) is 0.839. The zero-order valence-electron chi connectivity index (χ0n) is 17.3. The van der Waals surface area contributed by atoms with Gasteiger partial charge in [0.05, 0.1) is 17.3 Å². The third-order valence-corrected chi connectivity index (χ3v) is 5.66. The van der Waals surface area contributed by atoms with E-state index in [4.69, 9.17) is 9.47 Å². The third kappa shape index (κ3) is 4.15. The van der Waals surface area contributed by atoms with Gasteiger partial charge in [0, 0.05) is 26.2 Å². The van der Waals surface area contributed by atoms with Crippen molar-refractivity contribution in [3.05, 3.63) is 42.1 Å². The summed E-state index contributed by atoms with van der Waals surface area (Å²) >= 11 is 0. The minimum atomic E-state index is -0.730. The lowest BCUT2D eigenvalue weighted by Crippen LogP contribution is -2.44. The van der Waals surface area contributed by atoms with Gasteiger partial charge in [-0.15, -0.1) is 0 Å². The number of amides is 1. The first-order chi connectivity index (χ1) is 13.9. The third-order valence-electron chi connectivity index (χ3n) is 5.66. The summed E-state index contributed by atoms with van der Waals surface area (Å²) in [4.78, 5) is 22.1. The van der Waals surface area contributed by atoms with Gasteiger partial charge < -0.3 is 24.6 Å². The van der Waals surface area contributed by atoms with Crippen molar-refractivity contribution in [2.45, 2.75) is 19.3 Å². The van der Waals surface area contributed by atoms with E-state index in [1.54, 1.807) is 6.20 Å². The average Bonchev–Trinajstić information content (AvgIpc) is 2.74. The number of hydrogen-bond acceptors (Lipinski definition) is 6. The molecule has 0 atom stereocenters. The predicted molar refractivity (Wildman–Crippen MR) is 113 cm³/mol. The Morgan fingerprint density at radius 3 is 2.45 bits per heavy atom. The van der Waals surface area contributed by atoms with E-state index >= 15 is 0 Å². The van der Waals surface area contributed by atoms with Gasteiger partial charge in [-0.1, -0.05) is 6.07 Å². The molecular formula is C22H28N4O3. The number of likely N-dealkylation sites (N-methyl/N-ethyl adjacent to an activating group) is 1. The number of ether oxygens (including phenoxy) is 2. The van der Waals surface area contributed by atoms with E-state index in [1.165, 1.54) is 0 Å². The highest BCUT2D eigenvalue weighted by molar-refractivity contribution is 5.98. The number of nitrogens with one attached hydrogen (secondary N) is 1. The van der Waals surface area contributed by atoms with Crippen LogP contribution in [0.15, 0.2) is 36.5 Å². The van der Waals surface area contributed by atoms with E-state index < -0.39 is 5.41 Å². The van der Waals surface area contributed by atoms with Gasteiger partial charge in [-0.25, -0.2) is 4.98 Å².